The van der Waals surface area contributed by atoms with Crippen LogP contribution in [0.3, 0.4) is 0 Å². The van der Waals surface area contributed by atoms with Crippen molar-refractivity contribution >= 4 is 11.7 Å². The molecule has 0 spiro atoms. The van der Waals surface area contributed by atoms with E-state index in [0.717, 1.165) is 19.4 Å². The van der Waals surface area contributed by atoms with Crippen LogP contribution in [0.4, 0.5) is 0 Å². The Bertz CT molecular complexity index is 478. The molecule has 24 heavy (non-hydrogen) atoms. The predicted octanol–water partition coefficient (Wildman–Crippen LogP) is 3.64. The first kappa shape index (κ1) is 19.4. The van der Waals surface area contributed by atoms with E-state index < -0.39 is 5.41 Å². The zero-order valence-corrected chi connectivity index (χ0v) is 16.4. The number of likely N-dealkylation sites (N-methyl/N-ethyl adjacent to an activating group) is 1. The van der Waals surface area contributed by atoms with Crippen molar-refractivity contribution < 1.29 is 9.59 Å². The molecule has 0 saturated carbocycles. The van der Waals surface area contributed by atoms with Gasteiger partial charge in [-0.15, -0.1) is 0 Å². The van der Waals surface area contributed by atoms with Crippen LogP contribution >= 0.6 is 0 Å². The van der Waals surface area contributed by atoms with Crippen molar-refractivity contribution in [3.8, 4) is 0 Å². The van der Waals surface area contributed by atoms with Crippen molar-refractivity contribution in [3.63, 3.8) is 0 Å². The van der Waals surface area contributed by atoms with E-state index >= 15 is 0 Å². The van der Waals surface area contributed by atoms with Crippen LogP contribution in [0.25, 0.3) is 0 Å². The van der Waals surface area contributed by atoms with Crippen molar-refractivity contribution in [2.24, 2.45) is 5.41 Å². The highest BCUT2D eigenvalue weighted by Gasteiger charge is 2.49. The van der Waals surface area contributed by atoms with Gasteiger partial charge in [0.2, 0.25) is 5.91 Å². The van der Waals surface area contributed by atoms with Crippen molar-refractivity contribution in [2.45, 2.75) is 90.6 Å². The minimum Gasteiger partial charge on any atom is -0.343 e. The summed E-state index contributed by atoms with van der Waals surface area (Å²) in [5.41, 5.74) is -0.558. The highest BCUT2D eigenvalue weighted by molar-refractivity contribution is 5.90. The Morgan fingerprint density at radius 3 is 2.50 bits per heavy atom. The number of unbranched alkanes of at least 4 members (excludes halogenated alkanes) is 3. The summed E-state index contributed by atoms with van der Waals surface area (Å²) < 4.78 is 0. The second-order valence-corrected chi connectivity index (χ2v) is 8.76. The first-order chi connectivity index (χ1) is 11.2. The molecule has 2 aliphatic heterocycles. The van der Waals surface area contributed by atoms with Gasteiger partial charge in [0.1, 0.15) is 5.78 Å². The molecule has 2 heterocycles. The van der Waals surface area contributed by atoms with Crippen molar-refractivity contribution in [2.75, 3.05) is 20.1 Å². The molecule has 0 N–H and O–H groups in total. The molecule has 2 rings (SSSR count). The number of carbonyl (C=O) groups is 2. The lowest BCUT2D eigenvalue weighted by Gasteiger charge is -2.47. The quantitative estimate of drug-likeness (QED) is 0.720. The minimum absolute atomic E-state index is 0.00964. The van der Waals surface area contributed by atoms with E-state index in [1.54, 1.807) is 0 Å². The number of fused-ring (bicyclic) bond motifs is 2. The Morgan fingerprint density at radius 2 is 1.83 bits per heavy atom. The number of Topliss-reactive ketones (excluding diaryl/α,β-unsaturated/α-hetero) is 1. The smallest absolute Gasteiger partial charge is 0.230 e. The van der Waals surface area contributed by atoms with Crippen LogP contribution < -0.4 is 0 Å². The van der Waals surface area contributed by atoms with E-state index in [4.69, 9.17) is 0 Å². The molecular weight excluding hydrogens is 300 g/mol. The Balaban J connectivity index is 2.29. The second-order valence-electron chi connectivity index (χ2n) is 8.76. The molecule has 4 nitrogen and oxygen atoms in total. The van der Waals surface area contributed by atoms with Gasteiger partial charge < -0.3 is 4.90 Å². The van der Waals surface area contributed by atoms with Gasteiger partial charge in [-0.3, -0.25) is 14.5 Å². The molecule has 0 radical (unpaired) electrons. The Morgan fingerprint density at radius 1 is 1.12 bits per heavy atom. The molecule has 2 saturated heterocycles. The van der Waals surface area contributed by atoms with Crippen molar-refractivity contribution in [1.29, 1.82) is 0 Å². The number of nitrogens with zero attached hydrogens (tertiary/aromatic N) is 2. The SMILES string of the molecule is CCCCCCC1(C)CN(C)C(=O)C2(C)CC(=O)CCC(C)N1C2. The van der Waals surface area contributed by atoms with Gasteiger partial charge in [-0.2, -0.15) is 0 Å². The summed E-state index contributed by atoms with van der Waals surface area (Å²) in [5, 5.41) is 0. The van der Waals surface area contributed by atoms with Gasteiger partial charge in [-0.05, 0) is 33.6 Å². The predicted molar refractivity (Wildman–Crippen MR) is 97.9 cm³/mol. The van der Waals surface area contributed by atoms with Gasteiger partial charge in [-0.1, -0.05) is 32.6 Å². The van der Waals surface area contributed by atoms with Crippen molar-refractivity contribution in [1.82, 2.24) is 9.80 Å². The Labute approximate surface area is 148 Å². The molecule has 0 aromatic rings. The van der Waals surface area contributed by atoms with Crippen LogP contribution in [-0.2, 0) is 9.59 Å². The highest BCUT2D eigenvalue weighted by atomic mass is 16.2. The molecule has 0 aliphatic carbocycles. The molecule has 2 fully saturated rings. The molecule has 2 bridgehead atoms. The normalized spacial score (nSPS) is 37.8. The van der Waals surface area contributed by atoms with E-state index in [2.05, 4.69) is 25.7 Å². The van der Waals surface area contributed by atoms with E-state index in [1.165, 1.54) is 25.7 Å². The van der Waals surface area contributed by atoms with Gasteiger partial charge in [0.05, 0.1) is 5.41 Å². The number of hydrogen-bond acceptors (Lipinski definition) is 3. The third-order valence-corrected chi connectivity index (χ3v) is 6.18. The average Bonchev–Trinajstić information content (AvgIpc) is 2.59. The van der Waals surface area contributed by atoms with Crippen LogP contribution in [0.15, 0.2) is 0 Å². The van der Waals surface area contributed by atoms with Crippen LogP contribution in [0.1, 0.15) is 79.1 Å². The lowest BCUT2D eigenvalue weighted by molar-refractivity contribution is -0.142. The van der Waals surface area contributed by atoms with Gasteiger partial charge >= 0.3 is 0 Å². The molecule has 4 heteroatoms. The summed E-state index contributed by atoms with van der Waals surface area (Å²) in [6.45, 7) is 10.3. The van der Waals surface area contributed by atoms with E-state index in [0.29, 0.717) is 25.4 Å². The first-order valence-electron chi connectivity index (χ1n) is 9.76. The molecule has 0 aromatic heterocycles. The van der Waals surface area contributed by atoms with Crippen LogP contribution in [0.5, 0.6) is 0 Å². The first-order valence-corrected chi connectivity index (χ1v) is 9.76. The van der Waals surface area contributed by atoms with Gasteiger partial charge in [0.15, 0.2) is 0 Å². The molecule has 138 valence electrons. The summed E-state index contributed by atoms with van der Waals surface area (Å²) in [5.74, 6) is 0.393. The Kier molecular flexibility index (Phi) is 6.11. The third-order valence-electron chi connectivity index (χ3n) is 6.18. The molecule has 2 aliphatic rings. The third kappa shape index (κ3) is 4.01. The fraction of sp³-hybridized carbons (Fsp3) is 0.900. The molecule has 4 atom stereocenters. The summed E-state index contributed by atoms with van der Waals surface area (Å²) in [6, 6.07) is 0.351. The summed E-state index contributed by atoms with van der Waals surface area (Å²) >= 11 is 0. The van der Waals surface area contributed by atoms with Crippen LogP contribution in [0.2, 0.25) is 0 Å². The minimum atomic E-state index is -0.568. The molecular formula is C20H36N2O2. The standard InChI is InChI=1S/C20H36N2O2/c1-6-7-8-9-12-20(4)15-21(5)18(24)19(3)13-17(23)11-10-16(2)22(20)14-19/h16H,6-15H2,1-5H3. The molecule has 1 amide bonds. The maximum Gasteiger partial charge on any atom is 0.230 e. The maximum atomic E-state index is 13.0. The number of hydrogen-bond donors (Lipinski definition) is 0. The zero-order valence-electron chi connectivity index (χ0n) is 16.4. The summed E-state index contributed by atoms with van der Waals surface area (Å²) in [7, 11) is 1.92. The number of rotatable bonds is 5. The van der Waals surface area contributed by atoms with Gasteiger partial charge in [0.25, 0.3) is 0 Å². The van der Waals surface area contributed by atoms with Gasteiger partial charge in [-0.25, -0.2) is 0 Å². The monoisotopic (exact) mass is 336 g/mol. The van der Waals surface area contributed by atoms with E-state index in [9.17, 15) is 9.59 Å². The van der Waals surface area contributed by atoms with E-state index in [-0.39, 0.29) is 17.2 Å². The fourth-order valence-corrected chi connectivity index (χ4v) is 4.79. The number of ketones is 1. The average molecular weight is 337 g/mol. The molecule has 4 unspecified atom stereocenters. The zero-order chi connectivity index (χ0) is 18.0. The topological polar surface area (TPSA) is 40.6 Å². The molecule has 0 aromatic carbocycles. The van der Waals surface area contributed by atoms with Gasteiger partial charge in [0, 0.05) is 44.6 Å². The number of amides is 1. The highest BCUT2D eigenvalue weighted by Crippen LogP contribution is 2.39. The van der Waals surface area contributed by atoms with Crippen LogP contribution in [-0.4, -0.2) is 53.2 Å². The second kappa shape index (κ2) is 7.55. The lowest BCUT2D eigenvalue weighted by Crippen LogP contribution is -2.56. The van der Waals surface area contributed by atoms with Crippen LogP contribution in [0, 0.1) is 5.41 Å². The van der Waals surface area contributed by atoms with E-state index in [1.807, 2.05) is 18.9 Å². The maximum absolute atomic E-state index is 13.0. The number of carbonyl (C=O) groups excluding carboxylic acids is 2. The summed E-state index contributed by atoms with van der Waals surface area (Å²) in [4.78, 5) is 29.7. The van der Waals surface area contributed by atoms with Crippen molar-refractivity contribution in [3.05, 3.63) is 0 Å². The lowest BCUT2D eigenvalue weighted by atomic mass is 9.79. The largest absolute Gasteiger partial charge is 0.343 e. The summed E-state index contributed by atoms with van der Waals surface area (Å²) in [6.07, 6.45) is 8.05. The Hall–Kier alpha value is -0.900. The fourth-order valence-electron chi connectivity index (χ4n) is 4.79.